The Morgan fingerprint density at radius 3 is 2.92 bits per heavy atom. The molecule has 0 bridgehead atoms. The normalized spacial score (nSPS) is 21.4. The number of nitrogens with one attached hydrogen (secondary N) is 1. The third kappa shape index (κ3) is 3.62. The summed E-state index contributed by atoms with van der Waals surface area (Å²) in [6.07, 6.45) is 3.38. The SMILES string of the molecule is C[C@H](NC(=O)N1CCS(=O)(=O)C[C@H]1c1cnn(C)c1)c1cccs1. The molecule has 9 heteroatoms. The van der Waals surface area contributed by atoms with Gasteiger partial charge in [0, 0.05) is 30.2 Å². The Bertz CT molecular complexity index is 814. The minimum absolute atomic E-state index is 0.00936. The van der Waals surface area contributed by atoms with Crippen molar-refractivity contribution in [3.05, 3.63) is 40.3 Å². The van der Waals surface area contributed by atoms with Crippen molar-refractivity contribution in [2.45, 2.75) is 19.0 Å². The van der Waals surface area contributed by atoms with E-state index in [1.807, 2.05) is 24.4 Å². The Kier molecular flexibility index (Phi) is 4.64. The number of aromatic nitrogens is 2. The van der Waals surface area contributed by atoms with E-state index in [0.717, 1.165) is 10.4 Å². The molecule has 3 heterocycles. The molecule has 0 aromatic carbocycles. The number of urea groups is 1. The zero-order chi connectivity index (χ0) is 17.3. The van der Waals surface area contributed by atoms with Gasteiger partial charge in [-0.25, -0.2) is 13.2 Å². The Balaban J connectivity index is 1.80. The summed E-state index contributed by atoms with van der Waals surface area (Å²) in [5.74, 6) is -0.0793. The van der Waals surface area contributed by atoms with Gasteiger partial charge in [-0.2, -0.15) is 5.10 Å². The minimum Gasteiger partial charge on any atom is -0.331 e. The van der Waals surface area contributed by atoms with Crippen LogP contribution in [0.1, 0.15) is 29.4 Å². The summed E-state index contributed by atoms with van der Waals surface area (Å²) < 4.78 is 25.7. The highest BCUT2D eigenvalue weighted by Gasteiger charge is 2.36. The maximum atomic E-state index is 12.7. The largest absolute Gasteiger partial charge is 0.331 e. The maximum Gasteiger partial charge on any atom is 0.318 e. The van der Waals surface area contributed by atoms with Crippen LogP contribution in [0, 0.1) is 0 Å². The molecule has 1 aliphatic heterocycles. The Labute approximate surface area is 145 Å². The van der Waals surface area contributed by atoms with Crippen LogP contribution in [-0.2, 0) is 16.9 Å². The highest BCUT2D eigenvalue weighted by Crippen LogP contribution is 2.27. The maximum absolute atomic E-state index is 12.7. The van der Waals surface area contributed by atoms with Gasteiger partial charge in [-0.1, -0.05) is 6.07 Å². The second kappa shape index (κ2) is 6.56. The molecule has 2 atom stereocenters. The van der Waals surface area contributed by atoms with E-state index in [0.29, 0.717) is 0 Å². The first kappa shape index (κ1) is 17.0. The average molecular weight is 368 g/mol. The number of hydrogen-bond donors (Lipinski definition) is 1. The van der Waals surface area contributed by atoms with Gasteiger partial charge in [0.15, 0.2) is 9.84 Å². The average Bonchev–Trinajstić information content (AvgIpc) is 3.17. The predicted octanol–water partition coefficient (Wildman–Crippen LogP) is 1.72. The van der Waals surface area contributed by atoms with Gasteiger partial charge in [0.1, 0.15) is 0 Å². The number of sulfone groups is 1. The third-order valence-corrected chi connectivity index (χ3v) is 6.79. The van der Waals surface area contributed by atoms with E-state index >= 15 is 0 Å². The van der Waals surface area contributed by atoms with Crippen LogP contribution in [-0.4, -0.2) is 47.2 Å². The third-order valence-electron chi connectivity index (χ3n) is 4.11. The summed E-state index contributed by atoms with van der Waals surface area (Å²) >= 11 is 1.58. The molecule has 0 saturated carbocycles. The fourth-order valence-electron chi connectivity index (χ4n) is 2.82. The molecular weight excluding hydrogens is 348 g/mol. The summed E-state index contributed by atoms with van der Waals surface area (Å²) in [6.45, 7) is 2.11. The number of carbonyl (C=O) groups is 1. The second-order valence-electron chi connectivity index (χ2n) is 5.96. The summed E-state index contributed by atoms with van der Waals surface area (Å²) in [7, 11) is -1.40. The van der Waals surface area contributed by atoms with Gasteiger partial charge in [0.05, 0.1) is 29.8 Å². The van der Waals surface area contributed by atoms with Crippen LogP contribution >= 0.6 is 11.3 Å². The first-order chi connectivity index (χ1) is 11.4. The van der Waals surface area contributed by atoms with Crippen LogP contribution in [0.15, 0.2) is 29.9 Å². The summed E-state index contributed by atoms with van der Waals surface area (Å²) in [6, 6.07) is 3.03. The van der Waals surface area contributed by atoms with E-state index in [-0.39, 0.29) is 30.1 Å². The van der Waals surface area contributed by atoms with Gasteiger partial charge in [0.2, 0.25) is 0 Å². The molecule has 3 rings (SSSR count). The molecule has 0 aliphatic carbocycles. The molecular formula is C15H20N4O3S2. The fraction of sp³-hybridized carbons (Fsp3) is 0.467. The van der Waals surface area contributed by atoms with Crippen LogP contribution in [0.5, 0.6) is 0 Å². The van der Waals surface area contributed by atoms with E-state index in [4.69, 9.17) is 0 Å². The molecule has 1 saturated heterocycles. The fourth-order valence-corrected chi connectivity index (χ4v) is 5.04. The summed E-state index contributed by atoms with van der Waals surface area (Å²) in [5, 5.41) is 9.02. The molecule has 130 valence electrons. The van der Waals surface area contributed by atoms with Crippen molar-refractivity contribution in [2.75, 3.05) is 18.1 Å². The number of nitrogens with zero attached hydrogens (tertiary/aromatic N) is 3. The first-order valence-corrected chi connectivity index (χ1v) is 10.4. The van der Waals surface area contributed by atoms with Gasteiger partial charge in [-0.05, 0) is 18.4 Å². The van der Waals surface area contributed by atoms with Gasteiger partial charge in [0.25, 0.3) is 0 Å². The molecule has 1 N–H and O–H groups in total. The van der Waals surface area contributed by atoms with Crippen LogP contribution in [0.2, 0.25) is 0 Å². The molecule has 1 fully saturated rings. The smallest absolute Gasteiger partial charge is 0.318 e. The molecule has 0 unspecified atom stereocenters. The topological polar surface area (TPSA) is 84.3 Å². The van der Waals surface area contributed by atoms with E-state index in [1.165, 1.54) is 0 Å². The van der Waals surface area contributed by atoms with Gasteiger partial charge >= 0.3 is 6.03 Å². The quantitative estimate of drug-likeness (QED) is 0.894. The lowest BCUT2D eigenvalue weighted by molar-refractivity contribution is 0.178. The molecule has 2 aromatic heterocycles. The molecule has 2 aromatic rings. The highest BCUT2D eigenvalue weighted by atomic mass is 32.2. The van der Waals surface area contributed by atoms with Crippen LogP contribution in [0.4, 0.5) is 4.79 Å². The molecule has 1 aliphatic rings. The Morgan fingerprint density at radius 1 is 1.50 bits per heavy atom. The molecule has 0 radical (unpaired) electrons. The standard InChI is InChI=1S/C15H20N4O3S2/c1-11(14-4-3-6-23-14)17-15(20)19-5-7-24(21,22)10-13(19)12-8-16-18(2)9-12/h3-4,6,8-9,11,13H,5,7,10H2,1-2H3,(H,17,20)/t11-,13-/m0/s1. The summed E-state index contributed by atoms with van der Waals surface area (Å²) in [5.41, 5.74) is 0.736. The molecule has 24 heavy (non-hydrogen) atoms. The zero-order valence-electron chi connectivity index (χ0n) is 13.5. The van der Waals surface area contributed by atoms with Crippen molar-refractivity contribution < 1.29 is 13.2 Å². The zero-order valence-corrected chi connectivity index (χ0v) is 15.2. The van der Waals surface area contributed by atoms with Crippen LogP contribution in [0.3, 0.4) is 0 Å². The number of rotatable bonds is 3. The monoisotopic (exact) mass is 368 g/mol. The summed E-state index contributed by atoms with van der Waals surface area (Å²) in [4.78, 5) is 15.4. The molecule has 2 amide bonds. The number of amides is 2. The van der Waals surface area contributed by atoms with Crippen molar-refractivity contribution in [1.82, 2.24) is 20.0 Å². The lowest BCUT2D eigenvalue weighted by Gasteiger charge is -2.35. The van der Waals surface area contributed by atoms with Gasteiger partial charge in [-0.15, -0.1) is 11.3 Å². The number of thiophene rings is 1. The van der Waals surface area contributed by atoms with Crippen molar-refractivity contribution >= 4 is 27.2 Å². The van der Waals surface area contributed by atoms with Crippen molar-refractivity contribution in [2.24, 2.45) is 7.05 Å². The first-order valence-electron chi connectivity index (χ1n) is 7.65. The molecule has 0 spiro atoms. The number of carbonyl (C=O) groups excluding carboxylic acids is 1. The minimum atomic E-state index is -3.17. The van der Waals surface area contributed by atoms with Crippen molar-refractivity contribution in [3.8, 4) is 0 Å². The van der Waals surface area contributed by atoms with Gasteiger partial charge < -0.3 is 10.2 Å². The van der Waals surface area contributed by atoms with E-state index in [2.05, 4.69) is 10.4 Å². The van der Waals surface area contributed by atoms with E-state index < -0.39 is 15.9 Å². The predicted molar refractivity (Wildman–Crippen MR) is 92.6 cm³/mol. The molecule has 7 nitrogen and oxygen atoms in total. The Hall–Kier alpha value is -1.87. The van der Waals surface area contributed by atoms with E-state index in [9.17, 15) is 13.2 Å². The van der Waals surface area contributed by atoms with Gasteiger partial charge in [-0.3, -0.25) is 4.68 Å². The second-order valence-corrected chi connectivity index (χ2v) is 9.17. The van der Waals surface area contributed by atoms with E-state index in [1.54, 1.807) is 40.4 Å². The van der Waals surface area contributed by atoms with Crippen molar-refractivity contribution in [3.63, 3.8) is 0 Å². The Morgan fingerprint density at radius 2 is 2.29 bits per heavy atom. The van der Waals surface area contributed by atoms with Crippen molar-refractivity contribution in [1.29, 1.82) is 0 Å². The van der Waals surface area contributed by atoms with Crippen LogP contribution in [0.25, 0.3) is 0 Å². The number of hydrogen-bond acceptors (Lipinski definition) is 5. The lowest BCUT2D eigenvalue weighted by Crippen LogP contribution is -2.50. The number of aryl methyl sites for hydroxylation is 1. The lowest BCUT2D eigenvalue weighted by atomic mass is 10.1. The van der Waals surface area contributed by atoms with Crippen LogP contribution < -0.4 is 5.32 Å². The highest BCUT2D eigenvalue weighted by molar-refractivity contribution is 7.91.